The van der Waals surface area contributed by atoms with Gasteiger partial charge in [0.05, 0.1) is 0 Å². The Kier molecular flexibility index (Phi) is 7.56. The Morgan fingerprint density at radius 3 is 2.76 bits per heavy atom. The van der Waals surface area contributed by atoms with E-state index in [1.165, 1.54) is 57.6 Å². The highest BCUT2D eigenvalue weighted by atomic mass is 32.2. The van der Waals surface area contributed by atoms with Crippen LogP contribution in [0.25, 0.3) is 0 Å². The van der Waals surface area contributed by atoms with Crippen molar-refractivity contribution in [1.82, 2.24) is 10.2 Å². The van der Waals surface area contributed by atoms with Gasteiger partial charge in [0.1, 0.15) is 0 Å². The molecule has 1 heterocycles. The van der Waals surface area contributed by atoms with E-state index in [0.29, 0.717) is 4.75 Å². The fraction of sp³-hybridized carbons (Fsp3) is 1.00. The van der Waals surface area contributed by atoms with Crippen LogP contribution < -0.4 is 5.32 Å². The summed E-state index contributed by atoms with van der Waals surface area (Å²) < 4.78 is 0.489. The molecule has 0 aromatic heterocycles. The van der Waals surface area contributed by atoms with Crippen molar-refractivity contribution in [3.63, 3.8) is 0 Å². The maximum Gasteiger partial charge on any atom is 0.0116 e. The Balaban J connectivity index is 2.03. The van der Waals surface area contributed by atoms with Crippen molar-refractivity contribution in [3.05, 3.63) is 0 Å². The van der Waals surface area contributed by atoms with E-state index in [-0.39, 0.29) is 0 Å². The van der Waals surface area contributed by atoms with E-state index < -0.39 is 0 Å². The fourth-order valence-corrected chi connectivity index (χ4v) is 3.29. The van der Waals surface area contributed by atoms with Gasteiger partial charge in [-0.1, -0.05) is 33.6 Å². The molecule has 1 saturated heterocycles. The lowest BCUT2D eigenvalue weighted by Crippen LogP contribution is -2.34. The molecular weight excluding hydrogens is 228 g/mol. The zero-order valence-electron chi connectivity index (χ0n) is 11.9. The molecular formula is C14H30N2S. The molecule has 2 nitrogen and oxygen atoms in total. The molecule has 0 aromatic carbocycles. The van der Waals surface area contributed by atoms with E-state index in [4.69, 9.17) is 0 Å². The minimum atomic E-state index is 0.489. The first kappa shape index (κ1) is 15.3. The summed E-state index contributed by atoms with van der Waals surface area (Å²) in [7, 11) is 0. The van der Waals surface area contributed by atoms with Gasteiger partial charge in [-0.05, 0) is 25.9 Å². The molecule has 0 aromatic rings. The first-order chi connectivity index (χ1) is 8.14. The number of nitrogens with zero attached hydrogens (tertiary/aromatic N) is 1. The van der Waals surface area contributed by atoms with Gasteiger partial charge in [0, 0.05) is 30.1 Å². The van der Waals surface area contributed by atoms with Crippen LogP contribution in [0.2, 0.25) is 0 Å². The lowest BCUT2D eigenvalue weighted by atomic mass is 10.1. The summed E-state index contributed by atoms with van der Waals surface area (Å²) in [4.78, 5) is 2.62. The quantitative estimate of drug-likeness (QED) is 0.707. The Morgan fingerprint density at radius 1 is 1.18 bits per heavy atom. The third-order valence-corrected chi connectivity index (χ3v) is 4.86. The Hall–Kier alpha value is 0.270. The van der Waals surface area contributed by atoms with E-state index in [1.54, 1.807) is 0 Å². The summed E-state index contributed by atoms with van der Waals surface area (Å²) in [6.07, 6.45) is 5.34. The van der Waals surface area contributed by atoms with Crippen LogP contribution in [-0.2, 0) is 0 Å². The SMILES string of the molecule is CCCCCNCCN1CCSC(C)(C)CC1. The average Bonchev–Trinajstić information content (AvgIpc) is 2.45. The van der Waals surface area contributed by atoms with Gasteiger partial charge in [-0.3, -0.25) is 0 Å². The molecule has 0 spiro atoms. The average molecular weight is 258 g/mol. The van der Waals surface area contributed by atoms with Crippen molar-refractivity contribution in [2.75, 3.05) is 38.5 Å². The molecule has 0 aliphatic carbocycles. The maximum absolute atomic E-state index is 3.56. The van der Waals surface area contributed by atoms with Crippen molar-refractivity contribution in [3.8, 4) is 0 Å². The smallest absolute Gasteiger partial charge is 0.0116 e. The third-order valence-electron chi connectivity index (χ3n) is 3.49. The monoisotopic (exact) mass is 258 g/mol. The molecule has 1 fully saturated rings. The molecule has 1 N–H and O–H groups in total. The van der Waals surface area contributed by atoms with E-state index in [9.17, 15) is 0 Å². The van der Waals surface area contributed by atoms with Crippen LogP contribution in [0.5, 0.6) is 0 Å². The number of hydrogen-bond acceptors (Lipinski definition) is 3. The molecule has 17 heavy (non-hydrogen) atoms. The van der Waals surface area contributed by atoms with Gasteiger partial charge in [-0.15, -0.1) is 0 Å². The minimum absolute atomic E-state index is 0.489. The van der Waals surface area contributed by atoms with Crippen LogP contribution in [0, 0.1) is 0 Å². The second kappa shape index (κ2) is 8.39. The normalized spacial score (nSPS) is 21.4. The standard InChI is InChI=1S/C14H30N2S/c1-4-5-6-8-15-9-11-16-10-7-14(2,3)17-13-12-16/h15H,4-13H2,1-3H3. The molecule has 0 atom stereocenters. The van der Waals surface area contributed by atoms with Crippen molar-refractivity contribution in [1.29, 1.82) is 0 Å². The van der Waals surface area contributed by atoms with Crippen LogP contribution in [0.1, 0.15) is 46.5 Å². The van der Waals surface area contributed by atoms with E-state index in [0.717, 1.165) is 6.54 Å². The van der Waals surface area contributed by atoms with Crippen molar-refractivity contribution < 1.29 is 0 Å². The Bertz CT molecular complexity index is 195. The number of nitrogens with one attached hydrogen (secondary N) is 1. The Morgan fingerprint density at radius 2 is 2.00 bits per heavy atom. The molecule has 102 valence electrons. The molecule has 0 unspecified atom stereocenters. The lowest BCUT2D eigenvalue weighted by molar-refractivity contribution is 0.283. The second-order valence-electron chi connectivity index (χ2n) is 5.66. The number of thioether (sulfide) groups is 1. The van der Waals surface area contributed by atoms with E-state index >= 15 is 0 Å². The predicted molar refractivity (Wildman–Crippen MR) is 80.0 cm³/mol. The van der Waals surface area contributed by atoms with Gasteiger partial charge in [0.2, 0.25) is 0 Å². The molecule has 1 aliphatic heterocycles. The van der Waals surface area contributed by atoms with Gasteiger partial charge in [0.15, 0.2) is 0 Å². The topological polar surface area (TPSA) is 15.3 Å². The summed E-state index contributed by atoms with van der Waals surface area (Å²) >= 11 is 2.13. The van der Waals surface area contributed by atoms with E-state index in [2.05, 4.69) is 42.7 Å². The minimum Gasteiger partial charge on any atom is -0.315 e. The predicted octanol–water partition coefficient (Wildman–Crippen LogP) is 2.98. The summed E-state index contributed by atoms with van der Waals surface area (Å²) in [5.74, 6) is 1.29. The second-order valence-corrected chi connectivity index (χ2v) is 7.46. The van der Waals surface area contributed by atoms with Crippen LogP contribution >= 0.6 is 11.8 Å². The van der Waals surface area contributed by atoms with Crippen molar-refractivity contribution in [2.24, 2.45) is 0 Å². The highest BCUT2D eigenvalue weighted by Crippen LogP contribution is 2.30. The van der Waals surface area contributed by atoms with Crippen LogP contribution in [0.3, 0.4) is 0 Å². The maximum atomic E-state index is 3.56. The highest BCUT2D eigenvalue weighted by molar-refractivity contribution is 8.00. The summed E-state index contributed by atoms with van der Waals surface area (Å²) in [5, 5.41) is 3.56. The number of hydrogen-bond donors (Lipinski definition) is 1. The molecule has 0 bridgehead atoms. The zero-order chi connectivity index (χ0) is 12.6. The fourth-order valence-electron chi connectivity index (χ4n) is 2.15. The molecule has 0 saturated carbocycles. The summed E-state index contributed by atoms with van der Waals surface area (Å²) in [5.41, 5.74) is 0. The highest BCUT2D eigenvalue weighted by Gasteiger charge is 2.23. The van der Waals surface area contributed by atoms with Crippen molar-refractivity contribution >= 4 is 11.8 Å². The molecule has 0 amide bonds. The van der Waals surface area contributed by atoms with Gasteiger partial charge >= 0.3 is 0 Å². The van der Waals surface area contributed by atoms with Gasteiger partial charge < -0.3 is 10.2 Å². The lowest BCUT2D eigenvalue weighted by Gasteiger charge is -2.22. The zero-order valence-corrected chi connectivity index (χ0v) is 12.7. The van der Waals surface area contributed by atoms with Gasteiger partial charge in [-0.25, -0.2) is 0 Å². The Labute approximate surface area is 112 Å². The van der Waals surface area contributed by atoms with Crippen molar-refractivity contribution in [2.45, 2.75) is 51.2 Å². The van der Waals surface area contributed by atoms with Crippen LogP contribution in [0.15, 0.2) is 0 Å². The summed E-state index contributed by atoms with van der Waals surface area (Å²) in [6.45, 7) is 13.1. The van der Waals surface area contributed by atoms with Crippen LogP contribution in [-0.4, -0.2) is 48.1 Å². The number of unbranched alkanes of at least 4 members (excludes halogenated alkanes) is 2. The van der Waals surface area contributed by atoms with E-state index in [1.807, 2.05) is 0 Å². The largest absolute Gasteiger partial charge is 0.315 e. The number of rotatable bonds is 7. The molecule has 3 heteroatoms. The molecule has 1 aliphatic rings. The third kappa shape index (κ3) is 7.32. The van der Waals surface area contributed by atoms with Crippen LogP contribution in [0.4, 0.5) is 0 Å². The first-order valence-corrected chi connectivity index (χ1v) is 8.19. The molecule has 0 radical (unpaired) electrons. The van der Waals surface area contributed by atoms with Gasteiger partial charge in [0.25, 0.3) is 0 Å². The first-order valence-electron chi connectivity index (χ1n) is 7.21. The molecule has 1 rings (SSSR count). The van der Waals surface area contributed by atoms with Gasteiger partial charge in [-0.2, -0.15) is 11.8 Å². The summed E-state index contributed by atoms with van der Waals surface area (Å²) in [6, 6.07) is 0.